The van der Waals surface area contributed by atoms with Gasteiger partial charge in [0.2, 0.25) is 0 Å². The molecule has 2 aromatic heterocycles. The Labute approximate surface area is 163 Å². The average Bonchev–Trinajstić information content (AvgIpc) is 2.68. The molecule has 0 radical (unpaired) electrons. The third-order valence-corrected chi connectivity index (χ3v) is 5.15. The molecule has 1 N–H and O–H groups in total. The Bertz CT molecular complexity index is 927. The monoisotopic (exact) mass is 379 g/mol. The number of benzene rings is 1. The van der Waals surface area contributed by atoms with Gasteiger partial charge in [0.15, 0.2) is 12.4 Å². The maximum Gasteiger partial charge on any atom is 0.258 e. The predicted octanol–water partition coefficient (Wildman–Crippen LogP) is 4.38. The molecule has 0 aliphatic heterocycles. The van der Waals surface area contributed by atoms with Crippen LogP contribution in [0.3, 0.4) is 0 Å². The number of rotatable bonds is 6. The number of thioether (sulfide) groups is 1. The number of anilines is 1. The third kappa shape index (κ3) is 5.08. The van der Waals surface area contributed by atoms with Gasteiger partial charge in [0, 0.05) is 29.8 Å². The Morgan fingerprint density at radius 1 is 1.19 bits per heavy atom. The summed E-state index contributed by atoms with van der Waals surface area (Å²) in [5.41, 5.74) is 3.48. The molecule has 27 heavy (non-hydrogen) atoms. The van der Waals surface area contributed by atoms with Gasteiger partial charge in [-0.1, -0.05) is 26.0 Å². The van der Waals surface area contributed by atoms with Gasteiger partial charge in [-0.05, 0) is 41.3 Å². The lowest BCUT2D eigenvalue weighted by atomic mass is 10.0. The third-order valence-electron chi connectivity index (χ3n) is 4.07. The first-order chi connectivity index (χ1) is 13.0. The van der Waals surface area contributed by atoms with E-state index in [0.29, 0.717) is 22.3 Å². The van der Waals surface area contributed by atoms with Crippen LogP contribution in [0, 0.1) is 5.21 Å². The molecule has 0 spiro atoms. The minimum Gasteiger partial charge on any atom is -0.619 e. The number of nitrogens with zero attached hydrogens (tertiary/aromatic N) is 2. The van der Waals surface area contributed by atoms with E-state index in [1.54, 1.807) is 30.5 Å². The summed E-state index contributed by atoms with van der Waals surface area (Å²) in [7, 11) is 0. The number of hydrogen-bond acceptors (Lipinski definition) is 4. The topological polar surface area (TPSA) is 68.9 Å². The Morgan fingerprint density at radius 2 is 1.96 bits per heavy atom. The molecular formula is C21H21N3O2S. The lowest BCUT2D eigenvalue weighted by Gasteiger charge is -2.11. The van der Waals surface area contributed by atoms with Crippen molar-refractivity contribution in [2.75, 3.05) is 5.32 Å². The lowest BCUT2D eigenvalue weighted by molar-refractivity contribution is -0.605. The van der Waals surface area contributed by atoms with Crippen molar-refractivity contribution >= 4 is 23.4 Å². The standard InChI is InChI=1S/C21H21N3O2S/c1-15(2)17-5-3-6-18(13-17)23-20(25)19-7-4-10-22-21(19)27-14-16-8-11-24(26)12-9-16/h3-13,15H,14H2,1-2H3,(H,23,25). The summed E-state index contributed by atoms with van der Waals surface area (Å²) in [6.45, 7) is 4.24. The van der Waals surface area contributed by atoms with E-state index in [1.165, 1.54) is 29.7 Å². The van der Waals surface area contributed by atoms with Gasteiger partial charge in [0.25, 0.3) is 5.91 Å². The highest BCUT2D eigenvalue weighted by atomic mass is 32.2. The van der Waals surface area contributed by atoms with Crippen LogP contribution in [0.1, 0.15) is 41.3 Å². The van der Waals surface area contributed by atoms with Gasteiger partial charge in [0.05, 0.1) is 5.56 Å². The predicted molar refractivity (Wildman–Crippen MR) is 108 cm³/mol. The van der Waals surface area contributed by atoms with Crippen molar-refractivity contribution in [3.05, 3.63) is 89.0 Å². The number of aromatic nitrogens is 2. The average molecular weight is 379 g/mol. The SMILES string of the molecule is CC(C)c1cccc(NC(=O)c2cccnc2SCc2cc[n+]([O-])cc2)c1. The molecule has 0 aliphatic rings. The van der Waals surface area contributed by atoms with Crippen LogP contribution in [-0.4, -0.2) is 10.9 Å². The van der Waals surface area contributed by atoms with E-state index < -0.39 is 0 Å². The molecule has 2 heterocycles. The van der Waals surface area contributed by atoms with Crippen LogP contribution in [0.15, 0.2) is 72.1 Å². The van der Waals surface area contributed by atoms with Crippen molar-refractivity contribution in [2.24, 2.45) is 0 Å². The Morgan fingerprint density at radius 3 is 2.70 bits per heavy atom. The van der Waals surface area contributed by atoms with E-state index in [9.17, 15) is 10.0 Å². The zero-order valence-corrected chi connectivity index (χ0v) is 16.1. The Hall–Kier alpha value is -2.86. The largest absolute Gasteiger partial charge is 0.619 e. The molecule has 1 amide bonds. The molecule has 3 rings (SSSR count). The van der Waals surface area contributed by atoms with Crippen LogP contribution < -0.4 is 10.0 Å². The fourth-order valence-corrected chi connectivity index (χ4v) is 3.49. The van der Waals surface area contributed by atoms with Crippen molar-refractivity contribution in [1.29, 1.82) is 0 Å². The van der Waals surface area contributed by atoms with E-state index in [-0.39, 0.29) is 5.91 Å². The molecule has 138 valence electrons. The first-order valence-corrected chi connectivity index (χ1v) is 9.68. The zero-order valence-electron chi connectivity index (χ0n) is 15.3. The van der Waals surface area contributed by atoms with Crippen molar-refractivity contribution in [1.82, 2.24) is 4.98 Å². The molecule has 0 bridgehead atoms. The Kier molecular flexibility index (Phi) is 6.08. The molecule has 0 unspecified atom stereocenters. The van der Waals surface area contributed by atoms with E-state index in [4.69, 9.17) is 0 Å². The molecular weight excluding hydrogens is 358 g/mol. The molecule has 0 fully saturated rings. The number of hydrogen-bond donors (Lipinski definition) is 1. The highest BCUT2D eigenvalue weighted by molar-refractivity contribution is 7.98. The first-order valence-electron chi connectivity index (χ1n) is 8.70. The minimum atomic E-state index is -0.183. The fraction of sp³-hybridized carbons (Fsp3) is 0.190. The summed E-state index contributed by atoms with van der Waals surface area (Å²) in [5.74, 6) is 0.836. The van der Waals surface area contributed by atoms with Crippen molar-refractivity contribution in [2.45, 2.75) is 30.5 Å². The van der Waals surface area contributed by atoms with E-state index in [1.807, 2.05) is 18.2 Å². The van der Waals surface area contributed by atoms with Gasteiger partial charge in [0.1, 0.15) is 5.03 Å². The maximum absolute atomic E-state index is 12.8. The molecule has 6 heteroatoms. The maximum atomic E-state index is 12.8. The molecule has 0 atom stereocenters. The summed E-state index contributed by atoms with van der Waals surface area (Å²) < 4.78 is 0.749. The quantitative estimate of drug-likeness (QED) is 0.392. The molecule has 5 nitrogen and oxygen atoms in total. The summed E-state index contributed by atoms with van der Waals surface area (Å²) in [5, 5.41) is 14.7. The van der Waals surface area contributed by atoms with Gasteiger partial charge in [-0.25, -0.2) is 4.98 Å². The number of pyridine rings is 2. The van der Waals surface area contributed by atoms with Crippen LogP contribution in [0.25, 0.3) is 0 Å². The minimum absolute atomic E-state index is 0.183. The van der Waals surface area contributed by atoms with Crippen molar-refractivity contribution in [3.63, 3.8) is 0 Å². The van der Waals surface area contributed by atoms with Crippen LogP contribution >= 0.6 is 11.8 Å². The molecule has 0 saturated carbocycles. The second-order valence-electron chi connectivity index (χ2n) is 6.45. The fourth-order valence-electron chi connectivity index (χ4n) is 2.54. The van der Waals surface area contributed by atoms with Crippen molar-refractivity contribution in [3.8, 4) is 0 Å². The van der Waals surface area contributed by atoms with Crippen molar-refractivity contribution < 1.29 is 9.52 Å². The molecule has 3 aromatic rings. The first kappa shape index (κ1) is 18.9. The second-order valence-corrected chi connectivity index (χ2v) is 7.41. The summed E-state index contributed by atoms with van der Waals surface area (Å²) in [4.78, 5) is 17.1. The smallest absolute Gasteiger partial charge is 0.258 e. The number of carbonyl (C=O) groups excluding carboxylic acids is 1. The zero-order chi connectivity index (χ0) is 19.2. The lowest BCUT2D eigenvalue weighted by Crippen LogP contribution is -2.23. The van der Waals surface area contributed by atoms with Gasteiger partial charge < -0.3 is 10.5 Å². The highest BCUT2D eigenvalue weighted by Crippen LogP contribution is 2.25. The summed E-state index contributed by atoms with van der Waals surface area (Å²) in [6.07, 6.45) is 4.60. The second kappa shape index (κ2) is 8.68. The van der Waals surface area contributed by atoms with Crippen LogP contribution in [0.2, 0.25) is 0 Å². The van der Waals surface area contributed by atoms with Gasteiger partial charge in [-0.2, -0.15) is 4.73 Å². The number of amides is 1. The van der Waals surface area contributed by atoms with Crippen LogP contribution in [0.5, 0.6) is 0 Å². The van der Waals surface area contributed by atoms with Crippen LogP contribution in [0.4, 0.5) is 5.69 Å². The molecule has 0 aliphatic carbocycles. The van der Waals surface area contributed by atoms with E-state index >= 15 is 0 Å². The Balaban J connectivity index is 1.73. The number of nitrogens with one attached hydrogen (secondary N) is 1. The van der Waals surface area contributed by atoms with Gasteiger partial charge >= 0.3 is 0 Å². The summed E-state index contributed by atoms with van der Waals surface area (Å²) in [6, 6.07) is 14.9. The summed E-state index contributed by atoms with van der Waals surface area (Å²) >= 11 is 1.47. The molecule has 1 aromatic carbocycles. The normalized spacial score (nSPS) is 10.8. The molecule has 0 saturated heterocycles. The van der Waals surface area contributed by atoms with E-state index in [0.717, 1.165) is 16.0 Å². The van der Waals surface area contributed by atoms with Crippen LogP contribution in [-0.2, 0) is 5.75 Å². The highest BCUT2D eigenvalue weighted by Gasteiger charge is 2.14. The van der Waals surface area contributed by atoms with Gasteiger partial charge in [-0.3, -0.25) is 4.79 Å². The number of carbonyl (C=O) groups is 1. The van der Waals surface area contributed by atoms with E-state index in [2.05, 4.69) is 30.2 Å². The van der Waals surface area contributed by atoms with Gasteiger partial charge in [-0.15, -0.1) is 11.8 Å².